The van der Waals surface area contributed by atoms with E-state index in [9.17, 15) is 9.59 Å². The van der Waals surface area contributed by atoms with Gasteiger partial charge >= 0.3 is 0 Å². The SMILES string of the molecule is COc1cc2c(cc1OC)[C@H]1[C@H](C(=O)N3CCN(c4cc(Cl)ccc4C)CC3)c3ccccc3C(=O)N1CC2. The highest BCUT2D eigenvalue weighted by Gasteiger charge is 2.48. The van der Waals surface area contributed by atoms with Crippen molar-refractivity contribution in [1.29, 1.82) is 0 Å². The third-order valence-corrected chi connectivity index (χ3v) is 8.63. The molecule has 0 N–H and O–H groups in total. The monoisotopic (exact) mass is 545 g/mol. The van der Waals surface area contributed by atoms with E-state index in [1.807, 2.05) is 64.4 Å². The second-order valence-electron chi connectivity index (χ2n) is 10.4. The molecule has 0 unspecified atom stereocenters. The number of nitrogens with zero attached hydrogens (tertiary/aromatic N) is 3. The number of aryl methyl sites for hydroxylation is 1. The quantitative estimate of drug-likeness (QED) is 0.469. The standard InChI is InChI=1S/C31H32ClN3O4/c1-19-8-9-21(32)17-25(19)33-12-14-34(15-13-33)31(37)28-22-6-4-5-7-23(22)30(36)35-11-10-20-16-26(38-2)27(39-3)18-24(20)29(28)35/h4-9,16-18,28-29H,10-15H2,1-3H3/t28-,29+/m1/s1. The molecule has 1 fully saturated rings. The Balaban J connectivity index is 1.36. The molecule has 202 valence electrons. The average Bonchev–Trinajstić information content (AvgIpc) is 2.97. The molecular formula is C31H32ClN3O4. The second-order valence-corrected chi connectivity index (χ2v) is 10.8. The summed E-state index contributed by atoms with van der Waals surface area (Å²) in [5.74, 6) is 0.774. The molecule has 0 aliphatic carbocycles. The minimum Gasteiger partial charge on any atom is -0.493 e. The van der Waals surface area contributed by atoms with Gasteiger partial charge in [-0.3, -0.25) is 9.59 Å². The second kappa shape index (κ2) is 10.1. The third-order valence-electron chi connectivity index (χ3n) is 8.39. The van der Waals surface area contributed by atoms with Gasteiger partial charge in [-0.25, -0.2) is 0 Å². The fourth-order valence-electron chi connectivity index (χ4n) is 6.41. The normalized spacial score (nSPS) is 20.2. The molecule has 0 saturated carbocycles. The van der Waals surface area contributed by atoms with Crippen molar-refractivity contribution in [2.24, 2.45) is 0 Å². The summed E-state index contributed by atoms with van der Waals surface area (Å²) in [4.78, 5) is 34.2. The number of ether oxygens (including phenoxy) is 2. The van der Waals surface area contributed by atoms with Gasteiger partial charge in [-0.15, -0.1) is 0 Å². The number of carbonyl (C=O) groups is 2. The van der Waals surface area contributed by atoms with Gasteiger partial charge in [-0.1, -0.05) is 35.9 Å². The molecule has 0 spiro atoms. The first kappa shape index (κ1) is 25.6. The summed E-state index contributed by atoms with van der Waals surface area (Å²) in [6, 6.07) is 17.0. The van der Waals surface area contributed by atoms with Gasteiger partial charge in [0.2, 0.25) is 5.91 Å². The number of halogens is 1. The highest BCUT2D eigenvalue weighted by Crippen LogP contribution is 2.49. The Labute approximate surface area is 233 Å². The molecule has 0 aromatic heterocycles. The van der Waals surface area contributed by atoms with Gasteiger partial charge in [0.15, 0.2) is 11.5 Å². The van der Waals surface area contributed by atoms with Gasteiger partial charge in [0.1, 0.15) is 0 Å². The Morgan fingerprint density at radius 3 is 2.36 bits per heavy atom. The molecule has 7 nitrogen and oxygen atoms in total. The van der Waals surface area contributed by atoms with Crippen molar-refractivity contribution >= 4 is 29.1 Å². The van der Waals surface area contributed by atoms with E-state index in [0.29, 0.717) is 48.1 Å². The van der Waals surface area contributed by atoms with Crippen molar-refractivity contribution in [3.8, 4) is 11.5 Å². The zero-order valence-electron chi connectivity index (χ0n) is 22.4. The number of benzene rings is 3. The molecule has 6 rings (SSSR count). The third kappa shape index (κ3) is 4.29. The first-order valence-corrected chi connectivity index (χ1v) is 13.7. The van der Waals surface area contributed by atoms with Crippen LogP contribution >= 0.6 is 11.6 Å². The summed E-state index contributed by atoms with van der Waals surface area (Å²) in [5, 5.41) is 0.709. The number of carbonyl (C=O) groups excluding carboxylic acids is 2. The van der Waals surface area contributed by atoms with E-state index in [4.69, 9.17) is 21.1 Å². The number of hydrogen-bond donors (Lipinski definition) is 0. The molecule has 39 heavy (non-hydrogen) atoms. The summed E-state index contributed by atoms with van der Waals surface area (Å²) in [7, 11) is 3.23. The van der Waals surface area contributed by atoms with E-state index in [1.54, 1.807) is 14.2 Å². The fourth-order valence-corrected chi connectivity index (χ4v) is 6.57. The highest BCUT2D eigenvalue weighted by molar-refractivity contribution is 6.30. The molecule has 3 aliphatic rings. The number of amides is 2. The van der Waals surface area contributed by atoms with Crippen LogP contribution in [0.5, 0.6) is 11.5 Å². The number of fused-ring (bicyclic) bond motifs is 4. The van der Waals surface area contributed by atoms with E-state index < -0.39 is 12.0 Å². The van der Waals surface area contributed by atoms with E-state index in [0.717, 1.165) is 41.0 Å². The van der Waals surface area contributed by atoms with Gasteiger partial charge in [0.05, 0.1) is 26.2 Å². The van der Waals surface area contributed by atoms with Gasteiger partial charge in [0, 0.05) is 49.0 Å². The number of anilines is 1. The number of piperazine rings is 1. The lowest BCUT2D eigenvalue weighted by molar-refractivity contribution is -0.135. The Bertz CT molecular complexity index is 1450. The molecule has 0 radical (unpaired) electrons. The van der Waals surface area contributed by atoms with Gasteiger partial charge in [0.25, 0.3) is 5.91 Å². The lowest BCUT2D eigenvalue weighted by Crippen LogP contribution is -2.54. The predicted octanol–water partition coefficient (Wildman–Crippen LogP) is 4.85. The van der Waals surface area contributed by atoms with E-state index in [1.165, 1.54) is 0 Å². The van der Waals surface area contributed by atoms with Crippen LogP contribution in [0.4, 0.5) is 5.69 Å². The molecule has 2 amide bonds. The Hall–Kier alpha value is -3.71. The minimum absolute atomic E-state index is 0.0265. The summed E-state index contributed by atoms with van der Waals surface area (Å²) in [6.45, 7) is 5.27. The molecule has 3 aliphatic heterocycles. The van der Waals surface area contributed by atoms with Crippen LogP contribution in [-0.2, 0) is 11.2 Å². The van der Waals surface area contributed by atoms with Crippen molar-refractivity contribution in [3.63, 3.8) is 0 Å². The highest BCUT2D eigenvalue weighted by atomic mass is 35.5. The Morgan fingerprint density at radius 1 is 0.897 bits per heavy atom. The fraction of sp³-hybridized carbons (Fsp3) is 0.355. The number of methoxy groups -OCH3 is 2. The molecule has 3 aromatic carbocycles. The molecular weight excluding hydrogens is 514 g/mol. The maximum absolute atomic E-state index is 14.4. The van der Waals surface area contributed by atoms with Crippen LogP contribution in [0.25, 0.3) is 0 Å². The Kier molecular flexibility index (Phi) is 6.63. The van der Waals surface area contributed by atoms with E-state index in [-0.39, 0.29) is 11.8 Å². The topological polar surface area (TPSA) is 62.3 Å². The van der Waals surface area contributed by atoms with E-state index in [2.05, 4.69) is 11.8 Å². The lowest BCUT2D eigenvalue weighted by Gasteiger charge is -2.47. The van der Waals surface area contributed by atoms with Crippen LogP contribution in [0.2, 0.25) is 5.02 Å². The minimum atomic E-state index is -0.504. The molecule has 3 aromatic rings. The maximum atomic E-state index is 14.4. The molecule has 1 saturated heterocycles. The van der Waals surface area contributed by atoms with Crippen LogP contribution in [0.3, 0.4) is 0 Å². The average molecular weight is 546 g/mol. The molecule has 0 bridgehead atoms. The molecule has 3 heterocycles. The van der Waals surface area contributed by atoms with Crippen molar-refractivity contribution in [2.75, 3.05) is 51.8 Å². The van der Waals surface area contributed by atoms with Crippen molar-refractivity contribution in [2.45, 2.75) is 25.3 Å². The lowest BCUT2D eigenvalue weighted by atomic mass is 9.75. The first-order valence-electron chi connectivity index (χ1n) is 13.4. The van der Waals surface area contributed by atoms with Crippen molar-refractivity contribution in [3.05, 3.63) is 87.4 Å². The zero-order chi connectivity index (χ0) is 27.3. The van der Waals surface area contributed by atoms with Crippen LogP contribution in [0.1, 0.15) is 44.6 Å². The first-order chi connectivity index (χ1) is 18.9. The number of hydrogen-bond acceptors (Lipinski definition) is 5. The van der Waals surface area contributed by atoms with Gasteiger partial charge in [-0.2, -0.15) is 0 Å². The maximum Gasteiger partial charge on any atom is 0.254 e. The van der Waals surface area contributed by atoms with E-state index >= 15 is 0 Å². The van der Waals surface area contributed by atoms with Gasteiger partial charge < -0.3 is 24.2 Å². The molecule has 8 heteroatoms. The summed E-state index contributed by atoms with van der Waals surface area (Å²) >= 11 is 6.28. The van der Waals surface area contributed by atoms with Crippen molar-refractivity contribution in [1.82, 2.24) is 9.80 Å². The largest absolute Gasteiger partial charge is 0.493 e. The van der Waals surface area contributed by atoms with Crippen molar-refractivity contribution < 1.29 is 19.1 Å². The predicted molar refractivity (Wildman–Crippen MR) is 151 cm³/mol. The smallest absolute Gasteiger partial charge is 0.254 e. The summed E-state index contributed by atoms with van der Waals surface area (Å²) < 4.78 is 11.2. The van der Waals surface area contributed by atoms with Crippen LogP contribution in [0, 0.1) is 6.92 Å². The van der Waals surface area contributed by atoms with Crippen LogP contribution in [-0.4, -0.2) is 68.6 Å². The Morgan fingerprint density at radius 2 is 1.62 bits per heavy atom. The van der Waals surface area contributed by atoms with Crippen LogP contribution in [0.15, 0.2) is 54.6 Å². The zero-order valence-corrected chi connectivity index (χ0v) is 23.2. The van der Waals surface area contributed by atoms with Crippen LogP contribution < -0.4 is 14.4 Å². The molecule has 2 atom stereocenters. The number of rotatable bonds is 4. The summed E-state index contributed by atoms with van der Waals surface area (Å²) in [6.07, 6.45) is 0.693. The summed E-state index contributed by atoms with van der Waals surface area (Å²) in [5.41, 5.74) is 5.72. The van der Waals surface area contributed by atoms with Gasteiger partial charge in [-0.05, 0) is 65.9 Å².